The lowest BCUT2D eigenvalue weighted by molar-refractivity contribution is -0.0489. The van der Waals surface area contributed by atoms with Crippen molar-refractivity contribution in [1.82, 2.24) is 14.5 Å². The molecule has 0 spiro atoms. The van der Waals surface area contributed by atoms with Gasteiger partial charge in [0.05, 0.1) is 11.2 Å². The number of nitrogens with one attached hydrogen (secondary N) is 1. The molecule has 3 heterocycles. The van der Waals surface area contributed by atoms with Gasteiger partial charge < -0.3 is 19.4 Å². The third-order valence-corrected chi connectivity index (χ3v) is 5.27. The molecule has 3 aromatic rings. The fraction of sp³-hybridized carbons (Fsp3) is 0.350. The zero-order valence-electron chi connectivity index (χ0n) is 16.0. The maximum Gasteiger partial charge on any atom is 0.387 e. The molecular weight excluding hydrogens is 384 g/mol. The number of pyridine rings is 1. The first-order valence-corrected chi connectivity index (χ1v) is 9.03. The molecule has 0 saturated heterocycles. The lowest BCUT2D eigenvalue weighted by Crippen LogP contribution is -2.31. The van der Waals surface area contributed by atoms with Gasteiger partial charge in [0, 0.05) is 12.5 Å². The average molecular weight is 403 g/mol. The van der Waals surface area contributed by atoms with Crippen molar-refractivity contribution in [3.8, 4) is 17.3 Å². The Labute approximate surface area is 164 Å². The van der Waals surface area contributed by atoms with Gasteiger partial charge in [0.15, 0.2) is 11.6 Å². The number of carbonyl (C=O) groups is 1. The number of ether oxygens (including phenoxy) is 1. The van der Waals surface area contributed by atoms with E-state index in [4.69, 9.17) is 0 Å². The van der Waals surface area contributed by atoms with Crippen LogP contribution in [-0.4, -0.2) is 32.2 Å². The van der Waals surface area contributed by atoms with Crippen LogP contribution in [-0.2, 0) is 6.54 Å². The van der Waals surface area contributed by atoms with Crippen molar-refractivity contribution in [3.05, 3.63) is 45.7 Å². The Bertz CT molecular complexity index is 1190. The highest BCUT2D eigenvalue weighted by Crippen LogP contribution is 2.45. The molecule has 1 aromatic carbocycles. The van der Waals surface area contributed by atoms with Gasteiger partial charge in [-0.25, -0.2) is 9.78 Å². The SMILES string of the molecule is CC(C)(C)[C@@H]1Cn2c(nc3c(OC(F)F)cccc32)-c2[nH]c(=O)c(C(=O)O)cc21. The first-order chi connectivity index (χ1) is 13.6. The molecule has 2 aromatic heterocycles. The van der Waals surface area contributed by atoms with E-state index in [1.54, 1.807) is 12.1 Å². The number of hydrogen-bond donors (Lipinski definition) is 2. The second kappa shape index (κ2) is 6.40. The molecule has 0 saturated carbocycles. The third-order valence-electron chi connectivity index (χ3n) is 5.27. The number of rotatable bonds is 3. The van der Waals surface area contributed by atoms with Crippen molar-refractivity contribution in [1.29, 1.82) is 0 Å². The van der Waals surface area contributed by atoms with Crippen LogP contribution in [0.5, 0.6) is 5.75 Å². The number of imidazole rings is 1. The molecule has 152 valence electrons. The van der Waals surface area contributed by atoms with Crippen molar-refractivity contribution in [2.24, 2.45) is 5.41 Å². The van der Waals surface area contributed by atoms with Gasteiger partial charge in [-0.05, 0) is 29.2 Å². The smallest absolute Gasteiger partial charge is 0.387 e. The van der Waals surface area contributed by atoms with Crippen LogP contribution in [0.15, 0.2) is 29.1 Å². The number of nitrogens with zero attached hydrogens (tertiary/aromatic N) is 2. The molecule has 7 nitrogen and oxygen atoms in total. The van der Waals surface area contributed by atoms with Gasteiger partial charge in [0.2, 0.25) is 0 Å². The van der Waals surface area contributed by atoms with E-state index < -0.39 is 18.1 Å². The summed E-state index contributed by atoms with van der Waals surface area (Å²) < 4.78 is 32.1. The minimum absolute atomic E-state index is 0.0576. The number of halogens is 2. The van der Waals surface area contributed by atoms with Gasteiger partial charge in [0.1, 0.15) is 11.1 Å². The summed E-state index contributed by atoms with van der Waals surface area (Å²) in [6.45, 7) is 3.51. The molecule has 0 radical (unpaired) electrons. The Kier molecular flexibility index (Phi) is 4.21. The van der Waals surface area contributed by atoms with E-state index >= 15 is 0 Å². The van der Waals surface area contributed by atoms with Crippen LogP contribution in [0, 0.1) is 5.41 Å². The number of para-hydroxylation sites is 1. The minimum Gasteiger partial charge on any atom is -0.477 e. The van der Waals surface area contributed by atoms with E-state index in [1.807, 2.05) is 25.3 Å². The average Bonchev–Trinajstić information content (AvgIpc) is 2.99. The zero-order valence-corrected chi connectivity index (χ0v) is 16.0. The highest BCUT2D eigenvalue weighted by atomic mass is 19.3. The quantitative estimate of drug-likeness (QED) is 0.693. The van der Waals surface area contributed by atoms with Crippen LogP contribution >= 0.6 is 0 Å². The van der Waals surface area contributed by atoms with Crippen molar-refractivity contribution in [3.63, 3.8) is 0 Å². The Balaban J connectivity index is 2.03. The highest BCUT2D eigenvalue weighted by molar-refractivity contribution is 5.89. The molecule has 1 aliphatic rings. The van der Waals surface area contributed by atoms with E-state index in [1.165, 1.54) is 12.1 Å². The molecular formula is C20H19F2N3O4. The molecule has 0 amide bonds. The van der Waals surface area contributed by atoms with Gasteiger partial charge in [0.25, 0.3) is 5.56 Å². The summed E-state index contributed by atoms with van der Waals surface area (Å²) >= 11 is 0. The van der Waals surface area contributed by atoms with Crippen molar-refractivity contribution in [2.45, 2.75) is 39.8 Å². The van der Waals surface area contributed by atoms with E-state index in [-0.39, 0.29) is 28.2 Å². The fourth-order valence-electron chi connectivity index (χ4n) is 3.87. The maximum absolute atomic E-state index is 12.8. The standard InChI is InChI=1S/C20H19F2N3O4/c1-20(2,3)11-8-25-12-5-4-6-13(29-19(21)22)15(12)23-16(25)14-9(11)7-10(18(27)28)17(26)24-14/h4-7,11,19H,8H2,1-3H3,(H,24,26)(H,27,28)/t11-/m1/s1. The molecule has 4 rings (SSSR count). The van der Waals surface area contributed by atoms with E-state index in [0.29, 0.717) is 29.1 Å². The Morgan fingerprint density at radius 3 is 2.72 bits per heavy atom. The number of aromatic amines is 1. The Morgan fingerprint density at radius 2 is 2.10 bits per heavy atom. The summed E-state index contributed by atoms with van der Waals surface area (Å²) in [7, 11) is 0. The monoisotopic (exact) mass is 403 g/mol. The van der Waals surface area contributed by atoms with Gasteiger partial charge in [-0.3, -0.25) is 4.79 Å². The maximum atomic E-state index is 12.8. The number of benzene rings is 1. The van der Waals surface area contributed by atoms with Crippen LogP contribution in [0.3, 0.4) is 0 Å². The number of H-pyrrole nitrogens is 1. The van der Waals surface area contributed by atoms with Crippen LogP contribution in [0.2, 0.25) is 0 Å². The highest BCUT2D eigenvalue weighted by Gasteiger charge is 2.36. The van der Waals surface area contributed by atoms with Crippen LogP contribution in [0.1, 0.15) is 42.6 Å². The predicted molar refractivity (Wildman–Crippen MR) is 102 cm³/mol. The Morgan fingerprint density at radius 1 is 1.38 bits per heavy atom. The van der Waals surface area contributed by atoms with Gasteiger partial charge in [-0.1, -0.05) is 26.8 Å². The summed E-state index contributed by atoms with van der Waals surface area (Å²) in [5.41, 5.74) is 0.554. The summed E-state index contributed by atoms with van der Waals surface area (Å²) in [5.74, 6) is -1.13. The summed E-state index contributed by atoms with van der Waals surface area (Å²) in [6, 6.07) is 6.16. The number of aromatic nitrogens is 3. The molecule has 0 unspecified atom stereocenters. The van der Waals surface area contributed by atoms with E-state index in [0.717, 1.165) is 0 Å². The zero-order chi connectivity index (χ0) is 21.1. The summed E-state index contributed by atoms with van der Waals surface area (Å²) in [5, 5.41) is 9.36. The van der Waals surface area contributed by atoms with E-state index in [2.05, 4.69) is 14.7 Å². The minimum atomic E-state index is -2.99. The molecule has 0 fully saturated rings. The first kappa shape index (κ1) is 19.1. The normalized spacial score (nSPS) is 16.0. The number of carboxylic acids is 1. The number of alkyl halides is 2. The fourth-order valence-corrected chi connectivity index (χ4v) is 3.87. The Hall–Kier alpha value is -3.23. The lowest BCUT2D eigenvalue weighted by atomic mass is 9.74. The molecule has 0 bridgehead atoms. The molecule has 9 heteroatoms. The number of aromatic carboxylic acids is 1. The number of carboxylic acid groups (broad SMARTS) is 1. The predicted octanol–water partition coefficient (Wildman–Crippen LogP) is 3.83. The van der Waals surface area contributed by atoms with Crippen LogP contribution in [0.4, 0.5) is 8.78 Å². The third kappa shape index (κ3) is 3.06. The number of hydrogen-bond acceptors (Lipinski definition) is 4. The summed E-state index contributed by atoms with van der Waals surface area (Å²) in [4.78, 5) is 30.9. The van der Waals surface area contributed by atoms with Gasteiger partial charge in [-0.15, -0.1) is 0 Å². The second-order valence-electron chi connectivity index (χ2n) is 8.11. The molecule has 0 aliphatic carbocycles. The van der Waals surface area contributed by atoms with Crippen molar-refractivity contribution >= 4 is 17.0 Å². The molecule has 1 atom stereocenters. The first-order valence-electron chi connectivity index (χ1n) is 9.03. The summed E-state index contributed by atoms with van der Waals surface area (Å²) in [6.07, 6.45) is 0. The van der Waals surface area contributed by atoms with Gasteiger partial charge in [-0.2, -0.15) is 8.78 Å². The molecule has 2 N–H and O–H groups in total. The number of fused-ring (bicyclic) bond motifs is 5. The topological polar surface area (TPSA) is 97.2 Å². The van der Waals surface area contributed by atoms with Crippen molar-refractivity contribution in [2.75, 3.05) is 0 Å². The van der Waals surface area contributed by atoms with Crippen LogP contribution in [0.25, 0.3) is 22.6 Å². The van der Waals surface area contributed by atoms with Crippen LogP contribution < -0.4 is 10.3 Å². The van der Waals surface area contributed by atoms with E-state index in [9.17, 15) is 23.5 Å². The van der Waals surface area contributed by atoms with Gasteiger partial charge >= 0.3 is 12.6 Å². The molecule has 1 aliphatic heterocycles. The largest absolute Gasteiger partial charge is 0.477 e. The molecule has 29 heavy (non-hydrogen) atoms. The second-order valence-corrected chi connectivity index (χ2v) is 8.11. The van der Waals surface area contributed by atoms with Crippen molar-refractivity contribution < 1.29 is 23.4 Å². The lowest BCUT2D eigenvalue weighted by Gasteiger charge is -2.36.